The molecule has 1 fully saturated rings. The Hall–Kier alpha value is -1.69. The maximum atomic E-state index is 4.75. The highest BCUT2D eigenvalue weighted by molar-refractivity contribution is 5.23. The van der Waals surface area contributed by atoms with Gasteiger partial charge in [0.15, 0.2) is 5.82 Å². The third-order valence-corrected chi connectivity index (χ3v) is 4.65. The summed E-state index contributed by atoms with van der Waals surface area (Å²) >= 11 is 0. The molecule has 1 N–H and O–H groups in total. The zero-order chi connectivity index (χ0) is 14.4. The normalized spacial score (nSPS) is 19.5. The van der Waals surface area contributed by atoms with Crippen molar-refractivity contribution in [2.45, 2.75) is 52.1 Å². The van der Waals surface area contributed by atoms with Gasteiger partial charge in [0.25, 0.3) is 0 Å². The van der Waals surface area contributed by atoms with Crippen LogP contribution in [0, 0.1) is 13.8 Å². The Bertz CT molecular complexity index is 606. The van der Waals surface area contributed by atoms with E-state index < -0.39 is 0 Å². The third kappa shape index (κ3) is 2.48. The standard InChI is InChI=1S/C15H22N6/c1-10-13(11(2)18-17-10)9-20-6-5-14-16-15(12-3-4-12)19-21(14)8-7-20/h12H,3-9H2,1-2H3,(H,17,18). The molecule has 6 heteroatoms. The van der Waals surface area contributed by atoms with Gasteiger partial charge in [-0.3, -0.25) is 10.00 Å². The number of aryl methyl sites for hydroxylation is 2. The number of hydrogen-bond donors (Lipinski definition) is 1. The lowest BCUT2D eigenvalue weighted by atomic mass is 10.2. The lowest BCUT2D eigenvalue weighted by molar-refractivity contribution is 0.267. The molecular weight excluding hydrogens is 264 g/mol. The summed E-state index contributed by atoms with van der Waals surface area (Å²) in [5, 5.41) is 12.1. The molecule has 1 aliphatic heterocycles. The first kappa shape index (κ1) is 13.0. The van der Waals surface area contributed by atoms with Crippen molar-refractivity contribution in [3.8, 4) is 0 Å². The van der Waals surface area contributed by atoms with Crippen LogP contribution in [0.5, 0.6) is 0 Å². The van der Waals surface area contributed by atoms with Gasteiger partial charge >= 0.3 is 0 Å². The topological polar surface area (TPSA) is 62.6 Å². The lowest BCUT2D eigenvalue weighted by Gasteiger charge is -2.19. The van der Waals surface area contributed by atoms with Crippen LogP contribution < -0.4 is 0 Å². The van der Waals surface area contributed by atoms with Crippen molar-refractivity contribution in [1.82, 2.24) is 29.9 Å². The fourth-order valence-corrected chi connectivity index (χ4v) is 3.07. The molecule has 0 spiro atoms. The van der Waals surface area contributed by atoms with Gasteiger partial charge in [0.1, 0.15) is 5.82 Å². The minimum absolute atomic E-state index is 0.650. The fraction of sp³-hybridized carbons (Fsp3) is 0.667. The highest BCUT2D eigenvalue weighted by Crippen LogP contribution is 2.38. The monoisotopic (exact) mass is 286 g/mol. The number of hydrogen-bond acceptors (Lipinski definition) is 4. The summed E-state index contributed by atoms with van der Waals surface area (Å²) in [5.74, 6) is 2.90. The predicted octanol–water partition coefficient (Wildman–Crippen LogP) is 1.55. The Balaban J connectivity index is 1.46. The molecule has 2 aromatic rings. The average molecular weight is 286 g/mol. The third-order valence-electron chi connectivity index (χ3n) is 4.65. The zero-order valence-electron chi connectivity index (χ0n) is 12.8. The summed E-state index contributed by atoms with van der Waals surface area (Å²) in [6.07, 6.45) is 3.54. The SMILES string of the molecule is Cc1n[nH]c(C)c1CN1CCc2nc(C3CC3)nn2CC1. The molecule has 4 rings (SSSR count). The van der Waals surface area contributed by atoms with Crippen molar-refractivity contribution in [3.05, 3.63) is 28.6 Å². The molecule has 0 radical (unpaired) electrons. The van der Waals surface area contributed by atoms with E-state index in [1.807, 2.05) is 0 Å². The van der Waals surface area contributed by atoms with E-state index in [0.29, 0.717) is 5.92 Å². The van der Waals surface area contributed by atoms with Crippen LogP contribution in [0.15, 0.2) is 0 Å². The number of nitrogens with one attached hydrogen (secondary N) is 1. The van der Waals surface area contributed by atoms with Gasteiger partial charge in [0.2, 0.25) is 0 Å². The first-order valence-electron chi connectivity index (χ1n) is 7.87. The van der Waals surface area contributed by atoms with Gasteiger partial charge in [-0.15, -0.1) is 0 Å². The molecule has 2 aromatic heterocycles. The summed E-state index contributed by atoms with van der Waals surface area (Å²) in [6.45, 7) is 8.17. The summed E-state index contributed by atoms with van der Waals surface area (Å²) in [6, 6.07) is 0. The van der Waals surface area contributed by atoms with Crippen LogP contribution in [0.2, 0.25) is 0 Å². The largest absolute Gasteiger partial charge is 0.297 e. The van der Waals surface area contributed by atoms with Crippen LogP contribution >= 0.6 is 0 Å². The molecule has 3 heterocycles. The highest BCUT2D eigenvalue weighted by Gasteiger charge is 2.29. The lowest BCUT2D eigenvalue weighted by Crippen LogP contribution is -2.27. The number of fused-ring (bicyclic) bond motifs is 1. The number of aromatic nitrogens is 5. The average Bonchev–Trinajstić information content (AvgIpc) is 3.21. The summed E-state index contributed by atoms with van der Waals surface area (Å²) in [7, 11) is 0. The Morgan fingerprint density at radius 1 is 1.19 bits per heavy atom. The van der Waals surface area contributed by atoms with Gasteiger partial charge in [-0.25, -0.2) is 9.67 Å². The van der Waals surface area contributed by atoms with Crippen molar-refractivity contribution in [1.29, 1.82) is 0 Å². The molecule has 0 atom stereocenters. The molecule has 0 saturated heterocycles. The Morgan fingerprint density at radius 3 is 2.76 bits per heavy atom. The highest BCUT2D eigenvalue weighted by atomic mass is 15.4. The number of nitrogens with zero attached hydrogens (tertiary/aromatic N) is 5. The predicted molar refractivity (Wildman–Crippen MR) is 79.0 cm³/mol. The van der Waals surface area contributed by atoms with E-state index in [4.69, 9.17) is 10.1 Å². The van der Waals surface area contributed by atoms with Crippen LogP contribution in [-0.2, 0) is 19.5 Å². The van der Waals surface area contributed by atoms with Crippen LogP contribution in [0.1, 0.15) is 47.4 Å². The maximum absolute atomic E-state index is 4.75. The Morgan fingerprint density at radius 2 is 2.05 bits per heavy atom. The van der Waals surface area contributed by atoms with Crippen molar-refractivity contribution in [2.24, 2.45) is 0 Å². The first-order valence-corrected chi connectivity index (χ1v) is 7.87. The number of aromatic amines is 1. The fourth-order valence-electron chi connectivity index (χ4n) is 3.07. The Labute approximate surface area is 124 Å². The smallest absolute Gasteiger partial charge is 0.154 e. The van der Waals surface area contributed by atoms with Crippen LogP contribution in [0.4, 0.5) is 0 Å². The maximum Gasteiger partial charge on any atom is 0.154 e. The minimum Gasteiger partial charge on any atom is -0.297 e. The van der Waals surface area contributed by atoms with E-state index in [1.165, 1.54) is 29.9 Å². The van der Waals surface area contributed by atoms with Crippen molar-refractivity contribution >= 4 is 0 Å². The molecule has 0 aromatic carbocycles. The number of rotatable bonds is 3. The second kappa shape index (κ2) is 4.94. The van der Waals surface area contributed by atoms with Gasteiger partial charge in [0, 0.05) is 43.2 Å². The second-order valence-corrected chi connectivity index (χ2v) is 6.32. The molecule has 6 nitrogen and oxygen atoms in total. The van der Waals surface area contributed by atoms with Crippen molar-refractivity contribution in [2.75, 3.05) is 13.1 Å². The molecule has 21 heavy (non-hydrogen) atoms. The molecule has 0 amide bonds. The van der Waals surface area contributed by atoms with Crippen LogP contribution in [0.25, 0.3) is 0 Å². The van der Waals surface area contributed by atoms with Gasteiger partial charge in [-0.2, -0.15) is 10.2 Å². The summed E-state index contributed by atoms with van der Waals surface area (Å²) < 4.78 is 2.13. The van der Waals surface area contributed by atoms with E-state index in [1.54, 1.807) is 0 Å². The molecular formula is C15H22N6. The molecule has 0 bridgehead atoms. The second-order valence-electron chi connectivity index (χ2n) is 6.32. The van der Waals surface area contributed by atoms with Gasteiger partial charge < -0.3 is 0 Å². The van der Waals surface area contributed by atoms with Gasteiger partial charge in [-0.1, -0.05) is 0 Å². The van der Waals surface area contributed by atoms with E-state index in [0.717, 1.165) is 44.1 Å². The van der Waals surface area contributed by atoms with E-state index in [2.05, 4.69) is 33.6 Å². The summed E-state index contributed by atoms with van der Waals surface area (Å²) in [4.78, 5) is 7.23. The molecule has 0 unspecified atom stereocenters. The van der Waals surface area contributed by atoms with Gasteiger partial charge in [0.05, 0.1) is 12.2 Å². The summed E-state index contributed by atoms with van der Waals surface area (Å²) in [5.41, 5.74) is 3.63. The van der Waals surface area contributed by atoms with Crippen LogP contribution in [0.3, 0.4) is 0 Å². The Kier molecular flexibility index (Phi) is 3.06. The molecule has 2 aliphatic rings. The van der Waals surface area contributed by atoms with E-state index in [-0.39, 0.29) is 0 Å². The quantitative estimate of drug-likeness (QED) is 0.930. The van der Waals surface area contributed by atoms with E-state index in [9.17, 15) is 0 Å². The van der Waals surface area contributed by atoms with Crippen molar-refractivity contribution in [3.63, 3.8) is 0 Å². The van der Waals surface area contributed by atoms with Crippen LogP contribution in [-0.4, -0.2) is 43.0 Å². The zero-order valence-corrected chi connectivity index (χ0v) is 12.8. The first-order chi connectivity index (χ1) is 10.2. The number of H-pyrrole nitrogens is 1. The van der Waals surface area contributed by atoms with E-state index >= 15 is 0 Å². The molecule has 1 saturated carbocycles. The van der Waals surface area contributed by atoms with Gasteiger partial charge in [-0.05, 0) is 26.7 Å². The molecule has 112 valence electrons. The van der Waals surface area contributed by atoms with Crippen molar-refractivity contribution < 1.29 is 0 Å². The minimum atomic E-state index is 0.650. The molecule has 1 aliphatic carbocycles.